The van der Waals surface area contributed by atoms with Crippen LogP contribution in [0.2, 0.25) is 5.02 Å². The Morgan fingerprint density at radius 2 is 1.96 bits per heavy atom. The van der Waals surface area contributed by atoms with Gasteiger partial charge in [-0.15, -0.1) is 0 Å². The van der Waals surface area contributed by atoms with E-state index in [1.807, 2.05) is 0 Å². The van der Waals surface area contributed by atoms with Gasteiger partial charge in [-0.05, 0) is 24.3 Å². The molecule has 0 heterocycles. The van der Waals surface area contributed by atoms with Crippen LogP contribution in [0.25, 0.3) is 0 Å². The van der Waals surface area contributed by atoms with E-state index in [0.29, 0.717) is 22.0 Å². The van der Waals surface area contributed by atoms with E-state index in [1.165, 1.54) is 25.0 Å². The molecule has 2 amide bonds. The number of rotatable bonds is 7. The Morgan fingerprint density at radius 3 is 2.58 bits per heavy atom. The quantitative estimate of drug-likeness (QED) is 0.795. The highest BCUT2D eigenvalue weighted by Crippen LogP contribution is 2.27. The van der Waals surface area contributed by atoms with Crippen molar-refractivity contribution < 1.29 is 18.7 Å². The summed E-state index contributed by atoms with van der Waals surface area (Å²) in [5, 5.41) is 3.10. The van der Waals surface area contributed by atoms with Crippen molar-refractivity contribution in [3.05, 3.63) is 58.9 Å². The van der Waals surface area contributed by atoms with Crippen LogP contribution in [0.15, 0.2) is 42.5 Å². The first-order valence-electron chi connectivity index (χ1n) is 8.03. The van der Waals surface area contributed by atoms with Gasteiger partial charge in [0.15, 0.2) is 0 Å². The molecule has 0 spiro atoms. The third-order valence-electron chi connectivity index (χ3n) is 3.81. The monoisotopic (exact) mass is 378 g/mol. The minimum absolute atomic E-state index is 0.0810. The molecular formula is C19H20ClFN2O3. The van der Waals surface area contributed by atoms with Crippen LogP contribution in [0.1, 0.15) is 18.9 Å². The van der Waals surface area contributed by atoms with Crippen molar-refractivity contribution in [1.29, 1.82) is 0 Å². The highest BCUT2D eigenvalue weighted by Gasteiger charge is 2.14. The molecule has 0 bridgehead atoms. The van der Waals surface area contributed by atoms with Crippen LogP contribution in [-0.2, 0) is 16.1 Å². The van der Waals surface area contributed by atoms with E-state index in [4.69, 9.17) is 16.3 Å². The molecule has 2 aromatic rings. The first kappa shape index (κ1) is 19.7. The van der Waals surface area contributed by atoms with Crippen molar-refractivity contribution in [2.45, 2.75) is 19.9 Å². The number of hydrogen-bond donors (Lipinski definition) is 1. The fourth-order valence-electron chi connectivity index (χ4n) is 2.38. The average Bonchev–Trinajstić information content (AvgIpc) is 2.60. The van der Waals surface area contributed by atoms with Gasteiger partial charge in [-0.2, -0.15) is 0 Å². The van der Waals surface area contributed by atoms with Crippen molar-refractivity contribution in [3.8, 4) is 5.75 Å². The van der Waals surface area contributed by atoms with E-state index in [1.54, 1.807) is 36.4 Å². The van der Waals surface area contributed by atoms with Crippen LogP contribution >= 0.6 is 11.6 Å². The molecule has 0 unspecified atom stereocenters. The highest BCUT2D eigenvalue weighted by molar-refractivity contribution is 6.32. The van der Waals surface area contributed by atoms with Crippen LogP contribution in [0.4, 0.5) is 10.1 Å². The molecule has 1 N–H and O–H groups in total. The van der Waals surface area contributed by atoms with Gasteiger partial charge in [-0.25, -0.2) is 4.39 Å². The SMILES string of the molecule is COc1ccc(NC(=O)CCN(Cc2ccccc2F)C(C)=O)cc1Cl. The summed E-state index contributed by atoms with van der Waals surface area (Å²) in [6.45, 7) is 1.69. The summed E-state index contributed by atoms with van der Waals surface area (Å²) >= 11 is 6.02. The van der Waals surface area contributed by atoms with Crippen LogP contribution < -0.4 is 10.1 Å². The third kappa shape index (κ3) is 5.46. The van der Waals surface area contributed by atoms with E-state index in [9.17, 15) is 14.0 Å². The standard InChI is InChI=1S/C19H20ClFN2O3/c1-13(24)23(12-14-5-3-4-6-17(14)21)10-9-19(25)22-15-7-8-18(26-2)16(20)11-15/h3-8,11H,9-10,12H2,1-2H3,(H,22,25). The molecule has 0 saturated carbocycles. The molecule has 26 heavy (non-hydrogen) atoms. The summed E-state index contributed by atoms with van der Waals surface area (Å²) in [6, 6.07) is 11.2. The zero-order valence-corrected chi connectivity index (χ0v) is 15.3. The van der Waals surface area contributed by atoms with Crippen molar-refractivity contribution >= 4 is 29.1 Å². The van der Waals surface area contributed by atoms with Gasteiger partial charge < -0.3 is 15.0 Å². The molecule has 2 aromatic carbocycles. The third-order valence-corrected chi connectivity index (χ3v) is 4.10. The van der Waals surface area contributed by atoms with Gasteiger partial charge in [0.25, 0.3) is 0 Å². The number of nitrogens with zero attached hydrogens (tertiary/aromatic N) is 1. The maximum Gasteiger partial charge on any atom is 0.226 e. The summed E-state index contributed by atoms with van der Waals surface area (Å²) in [7, 11) is 1.51. The smallest absolute Gasteiger partial charge is 0.226 e. The summed E-state index contributed by atoms with van der Waals surface area (Å²) in [6.07, 6.45) is 0.0810. The van der Waals surface area contributed by atoms with Gasteiger partial charge in [0.05, 0.1) is 12.1 Å². The molecule has 2 rings (SSSR count). The lowest BCUT2D eigenvalue weighted by molar-refractivity contribution is -0.130. The zero-order valence-electron chi connectivity index (χ0n) is 14.6. The number of methoxy groups -OCH3 is 1. The van der Waals surface area contributed by atoms with Crippen LogP contribution in [0.3, 0.4) is 0 Å². The molecule has 138 valence electrons. The van der Waals surface area contributed by atoms with Crippen molar-refractivity contribution in [2.75, 3.05) is 19.0 Å². The summed E-state index contributed by atoms with van der Waals surface area (Å²) in [5.41, 5.74) is 0.939. The molecule has 0 aliphatic heterocycles. The van der Waals surface area contributed by atoms with Crippen LogP contribution in [0.5, 0.6) is 5.75 Å². The number of nitrogens with one attached hydrogen (secondary N) is 1. The molecule has 7 heteroatoms. The van der Waals surface area contributed by atoms with Crippen molar-refractivity contribution in [2.24, 2.45) is 0 Å². The number of ether oxygens (including phenoxy) is 1. The molecular weight excluding hydrogens is 359 g/mol. The van der Waals surface area contributed by atoms with E-state index >= 15 is 0 Å². The number of halogens is 2. The van der Waals surface area contributed by atoms with Gasteiger partial charge in [0, 0.05) is 37.7 Å². The van der Waals surface area contributed by atoms with E-state index in [2.05, 4.69) is 5.32 Å². The molecule has 0 fully saturated rings. The number of carbonyl (C=O) groups is 2. The van der Waals surface area contributed by atoms with Crippen LogP contribution in [-0.4, -0.2) is 30.4 Å². The van der Waals surface area contributed by atoms with E-state index in [0.717, 1.165) is 0 Å². The molecule has 0 aliphatic rings. The Balaban J connectivity index is 1.94. The fourth-order valence-corrected chi connectivity index (χ4v) is 2.64. The second-order valence-corrected chi connectivity index (χ2v) is 6.09. The second-order valence-electron chi connectivity index (χ2n) is 5.68. The Bertz CT molecular complexity index is 798. The predicted octanol–water partition coefficient (Wildman–Crippen LogP) is 3.87. The average molecular weight is 379 g/mol. The Hall–Kier alpha value is -2.60. The maximum absolute atomic E-state index is 13.8. The number of benzene rings is 2. The lowest BCUT2D eigenvalue weighted by atomic mass is 10.2. The molecule has 0 radical (unpaired) electrons. The molecule has 5 nitrogen and oxygen atoms in total. The Kier molecular flexibility index (Phi) is 6.97. The molecule has 0 aromatic heterocycles. The zero-order chi connectivity index (χ0) is 19.1. The molecule has 0 saturated heterocycles. The largest absolute Gasteiger partial charge is 0.495 e. The Morgan fingerprint density at radius 1 is 1.23 bits per heavy atom. The highest BCUT2D eigenvalue weighted by atomic mass is 35.5. The maximum atomic E-state index is 13.8. The van der Waals surface area contributed by atoms with Gasteiger partial charge in [-0.3, -0.25) is 9.59 Å². The van der Waals surface area contributed by atoms with Gasteiger partial charge >= 0.3 is 0 Å². The molecule has 0 aliphatic carbocycles. The van der Waals surface area contributed by atoms with Crippen molar-refractivity contribution in [1.82, 2.24) is 4.90 Å². The lowest BCUT2D eigenvalue weighted by Crippen LogP contribution is -2.31. The summed E-state index contributed by atoms with van der Waals surface area (Å²) < 4.78 is 18.8. The van der Waals surface area contributed by atoms with Crippen LogP contribution in [0, 0.1) is 5.82 Å². The van der Waals surface area contributed by atoms with Gasteiger partial charge in [0.1, 0.15) is 11.6 Å². The van der Waals surface area contributed by atoms with Gasteiger partial charge in [0.2, 0.25) is 11.8 Å². The Labute approximate surface area is 156 Å². The van der Waals surface area contributed by atoms with Crippen molar-refractivity contribution in [3.63, 3.8) is 0 Å². The lowest BCUT2D eigenvalue weighted by Gasteiger charge is -2.21. The number of hydrogen-bond acceptors (Lipinski definition) is 3. The molecule has 0 atom stereocenters. The number of carbonyl (C=O) groups excluding carboxylic acids is 2. The first-order chi connectivity index (χ1) is 12.4. The van der Waals surface area contributed by atoms with E-state index in [-0.39, 0.29) is 37.1 Å². The predicted molar refractivity (Wildman–Crippen MR) is 98.7 cm³/mol. The summed E-state index contributed by atoms with van der Waals surface area (Å²) in [4.78, 5) is 25.3. The number of anilines is 1. The van der Waals surface area contributed by atoms with Gasteiger partial charge in [-0.1, -0.05) is 29.8 Å². The topological polar surface area (TPSA) is 58.6 Å². The fraction of sp³-hybridized carbons (Fsp3) is 0.263. The minimum atomic E-state index is -0.379. The summed E-state index contributed by atoms with van der Waals surface area (Å²) in [5.74, 6) is -0.368. The number of amides is 2. The van der Waals surface area contributed by atoms with E-state index < -0.39 is 0 Å². The first-order valence-corrected chi connectivity index (χ1v) is 8.41. The normalized spacial score (nSPS) is 10.3. The second kappa shape index (κ2) is 9.20. The minimum Gasteiger partial charge on any atom is -0.495 e.